The topological polar surface area (TPSA) is 58.0 Å². The van der Waals surface area contributed by atoms with Crippen molar-refractivity contribution in [2.75, 3.05) is 0 Å². The SMILES string of the molecule is C=CCn1c(O)c(C=CC)c(=O)[nH]c1=S. The Morgan fingerprint density at radius 2 is 2.33 bits per heavy atom. The van der Waals surface area contributed by atoms with Crippen LogP contribution in [0.5, 0.6) is 5.88 Å². The summed E-state index contributed by atoms with van der Waals surface area (Å²) < 4.78 is 1.59. The van der Waals surface area contributed by atoms with Crippen LogP contribution in [0.4, 0.5) is 0 Å². The lowest BCUT2D eigenvalue weighted by molar-refractivity contribution is 0.412. The number of hydrogen-bond donors (Lipinski definition) is 2. The van der Waals surface area contributed by atoms with E-state index in [-0.39, 0.29) is 16.2 Å². The molecule has 0 atom stereocenters. The highest BCUT2D eigenvalue weighted by Crippen LogP contribution is 2.14. The molecular weight excluding hydrogens is 212 g/mol. The van der Waals surface area contributed by atoms with Gasteiger partial charge in [0.15, 0.2) is 4.77 Å². The van der Waals surface area contributed by atoms with E-state index in [9.17, 15) is 9.90 Å². The molecule has 0 fully saturated rings. The molecule has 0 radical (unpaired) electrons. The number of H-pyrrole nitrogens is 1. The van der Waals surface area contributed by atoms with Crippen LogP contribution in [-0.2, 0) is 6.54 Å². The van der Waals surface area contributed by atoms with Crippen LogP contribution in [0.2, 0.25) is 0 Å². The first-order valence-electron chi connectivity index (χ1n) is 4.41. The molecule has 0 saturated carbocycles. The first kappa shape index (κ1) is 11.5. The van der Waals surface area contributed by atoms with Crippen molar-refractivity contribution < 1.29 is 5.11 Å². The fraction of sp³-hybridized carbons (Fsp3) is 0.200. The lowest BCUT2D eigenvalue weighted by atomic mass is 10.3. The minimum absolute atomic E-state index is 0.137. The zero-order chi connectivity index (χ0) is 11.4. The van der Waals surface area contributed by atoms with E-state index in [0.717, 1.165) is 0 Å². The number of rotatable bonds is 3. The molecular formula is C10H12N2O2S. The van der Waals surface area contributed by atoms with Gasteiger partial charge in [-0.1, -0.05) is 12.2 Å². The minimum atomic E-state index is -0.393. The Morgan fingerprint density at radius 3 is 2.87 bits per heavy atom. The second kappa shape index (κ2) is 4.75. The van der Waals surface area contributed by atoms with Gasteiger partial charge in [0, 0.05) is 6.54 Å². The smallest absolute Gasteiger partial charge is 0.262 e. The molecule has 5 heteroatoms. The lowest BCUT2D eigenvalue weighted by Gasteiger charge is -2.08. The van der Waals surface area contributed by atoms with E-state index in [2.05, 4.69) is 11.6 Å². The van der Waals surface area contributed by atoms with Gasteiger partial charge in [-0.15, -0.1) is 6.58 Å². The summed E-state index contributed by atoms with van der Waals surface area (Å²) in [6.45, 7) is 5.66. The van der Waals surface area contributed by atoms with E-state index >= 15 is 0 Å². The Morgan fingerprint density at radius 1 is 1.67 bits per heavy atom. The zero-order valence-electron chi connectivity index (χ0n) is 8.36. The molecule has 2 N–H and O–H groups in total. The molecule has 0 aromatic carbocycles. The van der Waals surface area contributed by atoms with Crippen molar-refractivity contribution in [2.24, 2.45) is 0 Å². The van der Waals surface area contributed by atoms with Crippen LogP contribution in [0, 0.1) is 4.77 Å². The van der Waals surface area contributed by atoms with Crippen molar-refractivity contribution >= 4 is 18.3 Å². The number of aromatic amines is 1. The molecule has 0 bridgehead atoms. The van der Waals surface area contributed by atoms with Gasteiger partial charge < -0.3 is 5.11 Å². The minimum Gasteiger partial charge on any atom is -0.494 e. The third-order valence-electron chi connectivity index (χ3n) is 1.85. The molecule has 0 saturated heterocycles. The monoisotopic (exact) mass is 224 g/mol. The van der Waals surface area contributed by atoms with Gasteiger partial charge in [-0.3, -0.25) is 14.3 Å². The van der Waals surface area contributed by atoms with E-state index in [1.165, 1.54) is 10.6 Å². The quantitative estimate of drug-likeness (QED) is 0.608. The summed E-state index contributed by atoms with van der Waals surface area (Å²) in [5, 5.41) is 9.79. The average molecular weight is 224 g/mol. The average Bonchev–Trinajstić information content (AvgIpc) is 2.19. The molecule has 15 heavy (non-hydrogen) atoms. The fourth-order valence-corrected chi connectivity index (χ4v) is 1.44. The number of aromatic hydroxyl groups is 1. The summed E-state index contributed by atoms with van der Waals surface area (Å²) in [7, 11) is 0. The molecule has 1 rings (SSSR count). The maximum absolute atomic E-state index is 11.4. The number of nitrogens with zero attached hydrogens (tertiary/aromatic N) is 1. The molecule has 1 aromatic heterocycles. The first-order valence-corrected chi connectivity index (χ1v) is 4.82. The summed E-state index contributed by atoms with van der Waals surface area (Å²) >= 11 is 4.91. The number of nitrogens with one attached hydrogen (secondary N) is 1. The fourth-order valence-electron chi connectivity index (χ4n) is 1.19. The maximum atomic E-state index is 11.4. The molecule has 0 aliphatic heterocycles. The second-order valence-electron chi connectivity index (χ2n) is 2.90. The summed E-state index contributed by atoms with van der Waals surface area (Å²) in [6, 6.07) is 0. The molecule has 0 unspecified atom stereocenters. The molecule has 1 heterocycles. The second-order valence-corrected chi connectivity index (χ2v) is 3.28. The normalized spacial score (nSPS) is 10.7. The van der Waals surface area contributed by atoms with Crippen molar-refractivity contribution in [3.8, 4) is 5.88 Å². The van der Waals surface area contributed by atoms with Crippen LogP contribution in [0.1, 0.15) is 12.5 Å². The van der Waals surface area contributed by atoms with E-state index < -0.39 is 5.56 Å². The van der Waals surface area contributed by atoms with Gasteiger partial charge in [0.2, 0.25) is 5.88 Å². The van der Waals surface area contributed by atoms with Crippen LogP contribution in [-0.4, -0.2) is 14.7 Å². The van der Waals surface area contributed by atoms with Gasteiger partial charge in [-0.25, -0.2) is 0 Å². The van der Waals surface area contributed by atoms with E-state index in [1.807, 2.05) is 0 Å². The van der Waals surface area contributed by atoms with Gasteiger partial charge >= 0.3 is 0 Å². The lowest BCUT2D eigenvalue weighted by Crippen LogP contribution is -2.16. The van der Waals surface area contributed by atoms with Gasteiger partial charge in [0.1, 0.15) is 0 Å². The summed E-state index contributed by atoms with van der Waals surface area (Å²) in [5.41, 5.74) is -0.191. The van der Waals surface area contributed by atoms with Crippen LogP contribution < -0.4 is 5.56 Å². The Kier molecular flexibility index (Phi) is 3.62. The Balaban J connectivity index is 3.55. The van der Waals surface area contributed by atoms with E-state index in [1.54, 1.807) is 19.1 Å². The van der Waals surface area contributed by atoms with E-state index in [4.69, 9.17) is 12.2 Å². The maximum Gasteiger partial charge on any atom is 0.262 e. The molecule has 80 valence electrons. The largest absolute Gasteiger partial charge is 0.494 e. The summed E-state index contributed by atoms with van der Waals surface area (Å²) in [4.78, 5) is 13.9. The molecule has 1 aromatic rings. The van der Waals surface area contributed by atoms with Crippen molar-refractivity contribution in [3.63, 3.8) is 0 Å². The van der Waals surface area contributed by atoms with E-state index in [0.29, 0.717) is 6.54 Å². The van der Waals surface area contributed by atoms with Crippen molar-refractivity contribution in [1.29, 1.82) is 0 Å². The third kappa shape index (κ3) is 2.24. The summed E-state index contributed by atoms with van der Waals surface area (Å²) in [5.74, 6) is -0.137. The zero-order valence-corrected chi connectivity index (χ0v) is 9.17. The van der Waals surface area contributed by atoms with Crippen LogP contribution >= 0.6 is 12.2 Å². The molecule has 0 aliphatic carbocycles. The standard InChI is InChI=1S/C10H12N2O2S/c1-3-5-7-8(13)11-10(15)12(6-4-2)9(7)14/h3-5,14H,2,6H2,1H3,(H,11,13,15). The molecule has 0 amide bonds. The summed E-state index contributed by atoms with van der Waals surface area (Å²) in [6.07, 6.45) is 4.79. The van der Waals surface area contributed by atoms with Gasteiger partial charge in [0.25, 0.3) is 5.56 Å². The molecule has 4 nitrogen and oxygen atoms in total. The number of allylic oxidation sites excluding steroid dienone is 2. The van der Waals surface area contributed by atoms with Crippen LogP contribution in [0.3, 0.4) is 0 Å². The highest BCUT2D eigenvalue weighted by molar-refractivity contribution is 7.71. The predicted molar refractivity (Wildman–Crippen MR) is 62.5 cm³/mol. The van der Waals surface area contributed by atoms with Crippen molar-refractivity contribution in [2.45, 2.75) is 13.5 Å². The van der Waals surface area contributed by atoms with Crippen molar-refractivity contribution in [1.82, 2.24) is 9.55 Å². The van der Waals surface area contributed by atoms with Gasteiger partial charge in [-0.05, 0) is 25.2 Å². The molecule has 0 spiro atoms. The first-order chi connectivity index (χ1) is 7.11. The Labute approximate surface area is 92.2 Å². The Hall–Kier alpha value is -1.62. The van der Waals surface area contributed by atoms with Crippen LogP contribution in [0.15, 0.2) is 23.5 Å². The van der Waals surface area contributed by atoms with Gasteiger partial charge in [-0.2, -0.15) is 0 Å². The van der Waals surface area contributed by atoms with Crippen LogP contribution in [0.25, 0.3) is 6.08 Å². The third-order valence-corrected chi connectivity index (χ3v) is 2.17. The number of hydrogen-bond acceptors (Lipinski definition) is 3. The molecule has 0 aliphatic rings. The predicted octanol–water partition coefficient (Wildman–Crippen LogP) is 1.83. The Bertz CT molecular complexity index is 511. The highest BCUT2D eigenvalue weighted by Gasteiger charge is 2.08. The van der Waals surface area contributed by atoms with Crippen molar-refractivity contribution in [3.05, 3.63) is 39.4 Å². The van der Waals surface area contributed by atoms with Gasteiger partial charge in [0.05, 0.1) is 5.56 Å². The highest BCUT2D eigenvalue weighted by atomic mass is 32.1. The number of aromatic nitrogens is 2.